The lowest BCUT2D eigenvalue weighted by Crippen LogP contribution is -2.45. The molecule has 2 aliphatic heterocycles. The van der Waals surface area contributed by atoms with Crippen LogP contribution in [0.15, 0.2) is 35.5 Å². The molecule has 2 heterocycles. The number of hydrogen-bond donors (Lipinski definition) is 1. The molecule has 1 aromatic carbocycles. The SMILES string of the molecule is CCCCCCN1CC2=C(C1=O)[C@H](c1ccc(C)cc1)NC(=O)N2C. The van der Waals surface area contributed by atoms with Gasteiger partial charge in [0.15, 0.2) is 0 Å². The average Bonchev–Trinajstić information content (AvgIpc) is 2.93. The molecule has 1 aromatic rings. The van der Waals surface area contributed by atoms with Crippen molar-refractivity contribution in [1.29, 1.82) is 0 Å². The summed E-state index contributed by atoms with van der Waals surface area (Å²) in [6.07, 6.45) is 4.53. The first kappa shape index (κ1) is 17.5. The number of nitrogens with zero attached hydrogens (tertiary/aromatic N) is 2. The molecule has 134 valence electrons. The van der Waals surface area contributed by atoms with Crippen molar-refractivity contribution >= 4 is 11.9 Å². The molecule has 0 bridgehead atoms. The van der Waals surface area contributed by atoms with Gasteiger partial charge in [-0.05, 0) is 18.9 Å². The predicted molar refractivity (Wildman–Crippen MR) is 98.0 cm³/mol. The van der Waals surface area contributed by atoms with Gasteiger partial charge in [0.25, 0.3) is 5.91 Å². The molecule has 1 N–H and O–H groups in total. The van der Waals surface area contributed by atoms with E-state index in [9.17, 15) is 9.59 Å². The van der Waals surface area contributed by atoms with E-state index in [1.54, 1.807) is 11.9 Å². The first-order valence-electron chi connectivity index (χ1n) is 9.16. The summed E-state index contributed by atoms with van der Waals surface area (Å²) >= 11 is 0. The highest BCUT2D eigenvalue weighted by Crippen LogP contribution is 2.35. The van der Waals surface area contributed by atoms with Gasteiger partial charge in [-0.25, -0.2) is 4.79 Å². The number of unbranched alkanes of at least 4 members (excludes halogenated alkanes) is 3. The van der Waals surface area contributed by atoms with Gasteiger partial charge in [-0.1, -0.05) is 56.0 Å². The molecule has 0 unspecified atom stereocenters. The van der Waals surface area contributed by atoms with E-state index < -0.39 is 0 Å². The summed E-state index contributed by atoms with van der Waals surface area (Å²) < 4.78 is 0. The molecule has 0 fully saturated rings. The molecular weight excluding hydrogens is 314 g/mol. The molecule has 25 heavy (non-hydrogen) atoms. The van der Waals surface area contributed by atoms with Gasteiger partial charge in [0.05, 0.1) is 23.9 Å². The van der Waals surface area contributed by atoms with Gasteiger partial charge in [0.1, 0.15) is 0 Å². The highest BCUT2D eigenvalue weighted by Gasteiger charge is 2.42. The van der Waals surface area contributed by atoms with Crippen LogP contribution in [0.3, 0.4) is 0 Å². The maximum atomic E-state index is 13.0. The van der Waals surface area contributed by atoms with Gasteiger partial charge < -0.3 is 10.2 Å². The number of nitrogens with one attached hydrogen (secondary N) is 1. The molecular formula is C20H27N3O2. The fraction of sp³-hybridized carbons (Fsp3) is 0.500. The summed E-state index contributed by atoms with van der Waals surface area (Å²) in [7, 11) is 1.74. The number of carbonyl (C=O) groups is 2. The summed E-state index contributed by atoms with van der Waals surface area (Å²) in [6, 6.07) is 7.52. The topological polar surface area (TPSA) is 52.7 Å². The monoisotopic (exact) mass is 341 g/mol. The van der Waals surface area contributed by atoms with Crippen LogP contribution in [-0.2, 0) is 4.79 Å². The summed E-state index contributed by atoms with van der Waals surface area (Å²) in [5, 5.41) is 2.98. The van der Waals surface area contributed by atoms with Crippen LogP contribution in [0.25, 0.3) is 0 Å². The third-order valence-corrected chi connectivity index (χ3v) is 5.13. The van der Waals surface area contributed by atoms with Crippen LogP contribution < -0.4 is 5.32 Å². The minimum atomic E-state index is -0.354. The molecule has 0 aliphatic carbocycles. The Bertz CT molecular complexity index is 693. The highest BCUT2D eigenvalue weighted by atomic mass is 16.2. The molecule has 2 aliphatic rings. The third-order valence-electron chi connectivity index (χ3n) is 5.13. The Morgan fingerprint density at radius 3 is 2.52 bits per heavy atom. The van der Waals surface area contributed by atoms with Gasteiger partial charge in [-0.2, -0.15) is 0 Å². The molecule has 0 aromatic heterocycles. The fourth-order valence-corrected chi connectivity index (χ4v) is 3.54. The van der Waals surface area contributed by atoms with Gasteiger partial charge in [0.2, 0.25) is 0 Å². The average molecular weight is 341 g/mol. The molecule has 0 radical (unpaired) electrons. The van der Waals surface area contributed by atoms with Gasteiger partial charge >= 0.3 is 6.03 Å². The maximum Gasteiger partial charge on any atom is 0.322 e. The smallest absolute Gasteiger partial charge is 0.322 e. The van der Waals surface area contributed by atoms with Gasteiger partial charge in [-0.3, -0.25) is 9.69 Å². The first-order chi connectivity index (χ1) is 12.0. The number of rotatable bonds is 6. The van der Waals surface area contributed by atoms with Crippen molar-refractivity contribution in [2.45, 2.75) is 45.6 Å². The Kier molecular flexibility index (Phi) is 5.11. The van der Waals surface area contributed by atoms with E-state index in [0.717, 1.165) is 41.8 Å². The number of aryl methyl sites for hydroxylation is 1. The molecule has 1 atom stereocenters. The predicted octanol–water partition coefficient (Wildman–Crippen LogP) is 3.37. The lowest BCUT2D eigenvalue weighted by Gasteiger charge is -2.31. The van der Waals surface area contributed by atoms with Crippen LogP contribution in [-0.4, -0.2) is 41.9 Å². The van der Waals surface area contributed by atoms with Gasteiger partial charge in [-0.15, -0.1) is 0 Å². The molecule has 0 saturated heterocycles. The Morgan fingerprint density at radius 2 is 1.84 bits per heavy atom. The standard InChI is InChI=1S/C20H27N3O2/c1-4-5-6-7-12-23-13-16-17(19(23)24)18(21-20(25)22(16)3)15-10-8-14(2)9-11-15/h8-11,18H,4-7,12-13H2,1-3H3,(H,21,25)/t18-/m0/s1. The van der Waals surface area contributed by atoms with E-state index in [1.807, 2.05) is 36.1 Å². The summed E-state index contributed by atoms with van der Waals surface area (Å²) in [4.78, 5) is 28.8. The Labute approximate surface area is 149 Å². The Hall–Kier alpha value is -2.30. The summed E-state index contributed by atoms with van der Waals surface area (Å²) in [5.74, 6) is 0.0592. The van der Waals surface area contributed by atoms with Crippen LogP contribution in [0.4, 0.5) is 4.79 Å². The number of benzene rings is 1. The zero-order valence-electron chi connectivity index (χ0n) is 15.3. The van der Waals surface area contributed by atoms with E-state index in [0.29, 0.717) is 6.54 Å². The maximum absolute atomic E-state index is 13.0. The Balaban J connectivity index is 1.83. The molecule has 0 saturated carbocycles. The van der Waals surface area contributed by atoms with E-state index in [-0.39, 0.29) is 18.0 Å². The zero-order chi connectivity index (χ0) is 18.0. The van der Waals surface area contributed by atoms with Gasteiger partial charge in [0, 0.05) is 13.6 Å². The van der Waals surface area contributed by atoms with Crippen LogP contribution in [0, 0.1) is 6.92 Å². The van der Waals surface area contributed by atoms with E-state index in [2.05, 4.69) is 12.2 Å². The fourth-order valence-electron chi connectivity index (χ4n) is 3.54. The molecule has 5 heteroatoms. The number of amides is 3. The molecule has 3 rings (SSSR count). The second-order valence-corrected chi connectivity index (χ2v) is 7.00. The van der Waals surface area contributed by atoms with Crippen LogP contribution in [0.2, 0.25) is 0 Å². The molecule has 5 nitrogen and oxygen atoms in total. The number of urea groups is 1. The first-order valence-corrected chi connectivity index (χ1v) is 9.16. The summed E-state index contributed by atoms with van der Waals surface area (Å²) in [5.41, 5.74) is 3.68. The van der Waals surface area contributed by atoms with E-state index >= 15 is 0 Å². The van der Waals surface area contributed by atoms with Crippen molar-refractivity contribution in [2.75, 3.05) is 20.1 Å². The minimum absolute atomic E-state index is 0.0592. The molecule has 3 amide bonds. The number of hydrogen-bond acceptors (Lipinski definition) is 2. The lowest BCUT2D eigenvalue weighted by atomic mass is 9.95. The Morgan fingerprint density at radius 1 is 1.12 bits per heavy atom. The highest BCUT2D eigenvalue weighted by molar-refractivity contribution is 6.01. The zero-order valence-corrected chi connectivity index (χ0v) is 15.3. The summed E-state index contributed by atoms with van der Waals surface area (Å²) in [6.45, 7) is 5.50. The quantitative estimate of drug-likeness (QED) is 0.807. The number of likely N-dealkylation sites (N-methyl/N-ethyl adjacent to an activating group) is 1. The van der Waals surface area contributed by atoms with E-state index in [4.69, 9.17) is 0 Å². The largest absolute Gasteiger partial charge is 0.333 e. The van der Waals surface area contributed by atoms with Crippen molar-refractivity contribution in [3.63, 3.8) is 0 Å². The van der Waals surface area contributed by atoms with Crippen molar-refractivity contribution in [3.8, 4) is 0 Å². The second kappa shape index (κ2) is 7.30. The van der Waals surface area contributed by atoms with Crippen LogP contribution in [0.5, 0.6) is 0 Å². The second-order valence-electron chi connectivity index (χ2n) is 7.00. The lowest BCUT2D eigenvalue weighted by molar-refractivity contribution is -0.125. The van der Waals surface area contributed by atoms with Crippen molar-refractivity contribution in [2.24, 2.45) is 0 Å². The number of carbonyl (C=O) groups excluding carboxylic acids is 2. The van der Waals surface area contributed by atoms with Crippen molar-refractivity contribution in [3.05, 3.63) is 46.7 Å². The van der Waals surface area contributed by atoms with Crippen LogP contribution in [0.1, 0.15) is 49.8 Å². The van der Waals surface area contributed by atoms with Crippen molar-refractivity contribution < 1.29 is 9.59 Å². The molecule has 0 spiro atoms. The van der Waals surface area contributed by atoms with Crippen LogP contribution >= 0.6 is 0 Å². The van der Waals surface area contributed by atoms with Crippen molar-refractivity contribution in [1.82, 2.24) is 15.1 Å². The minimum Gasteiger partial charge on any atom is -0.333 e. The van der Waals surface area contributed by atoms with E-state index in [1.165, 1.54) is 12.8 Å². The third kappa shape index (κ3) is 3.41. The normalized spacial score (nSPS) is 20.2.